The molecule has 0 fully saturated rings. The minimum atomic E-state index is 0.0725. The maximum atomic E-state index is 12.5. The van der Waals surface area contributed by atoms with Gasteiger partial charge in [0.05, 0.1) is 11.0 Å². The van der Waals surface area contributed by atoms with Crippen LogP contribution in [0.3, 0.4) is 0 Å². The summed E-state index contributed by atoms with van der Waals surface area (Å²) in [6.07, 6.45) is 0. The Balaban J connectivity index is 2.88. The van der Waals surface area contributed by atoms with Gasteiger partial charge in [-0.2, -0.15) is 0 Å². The van der Waals surface area contributed by atoms with Crippen LogP contribution in [0.4, 0.5) is 5.69 Å². The number of hydrogen-bond acceptors (Lipinski definition) is 2. The molecule has 0 radical (unpaired) electrons. The molecule has 1 N–H and O–H groups in total. The number of aromatic nitrogens is 2. The maximum absolute atomic E-state index is 12.5. The lowest BCUT2D eigenvalue weighted by atomic mass is 10.2. The highest BCUT2D eigenvalue weighted by molar-refractivity contribution is 5.80. The second-order valence-electron chi connectivity index (χ2n) is 5.16. The lowest BCUT2D eigenvalue weighted by Gasteiger charge is -2.07. The van der Waals surface area contributed by atoms with E-state index in [-0.39, 0.29) is 17.8 Å². The quantitative estimate of drug-likeness (QED) is 0.905. The summed E-state index contributed by atoms with van der Waals surface area (Å²) in [7, 11) is 1.89. The minimum absolute atomic E-state index is 0.0725. The van der Waals surface area contributed by atoms with Gasteiger partial charge in [-0.25, -0.2) is 4.79 Å². The van der Waals surface area contributed by atoms with Crippen molar-refractivity contribution in [1.82, 2.24) is 9.13 Å². The van der Waals surface area contributed by atoms with E-state index < -0.39 is 0 Å². The Morgan fingerprint density at radius 3 is 2.06 bits per heavy atom. The van der Waals surface area contributed by atoms with Crippen LogP contribution in [0.5, 0.6) is 0 Å². The fourth-order valence-corrected chi connectivity index (χ4v) is 2.40. The molecule has 0 unspecified atom stereocenters. The zero-order chi connectivity index (χ0) is 13.4. The van der Waals surface area contributed by atoms with Crippen molar-refractivity contribution in [3.05, 3.63) is 28.7 Å². The van der Waals surface area contributed by atoms with Gasteiger partial charge in [0, 0.05) is 24.8 Å². The number of hydrogen-bond donors (Lipinski definition) is 1. The van der Waals surface area contributed by atoms with Crippen molar-refractivity contribution < 1.29 is 0 Å². The van der Waals surface area contributed by atoms with Crippen LogP contribution in [0, 0.1) is 0 Å². The van der Waals surface area contributed by atoms with Crippen LogP contribution in [0.2, 0.25) is 0 Å². The van der Waals surface area contributed by atoms with Gasteiger partial charge in [0.15, 0.2) is 0 Å². The van der Waals surface area contributed by atoms with Crippen molar-refractivity contribution in [2.24, 2.45) is 0 Å². The standard InChI is InChI=1S/C14H21N3O/c1-9(2)16-12-7-6-11(15-5)8-13(12)17(10(3)4)14(16)18/h6-10,15H,1-5H3. The molecule has 2 rings (SSSR count). The van der Waals surface area contributed by atoms with Crippen LogP contribution in [0.25, 0.3) is 11.0 Å². The van der Waals surface area contributed by atoms with Crippen molar-refractivity contribution in [3.63, 3.8) is 0 Å². The van der Waals surface area contributed by atoms with Gasteiger partial charge >= 0.3 is 5.69 Å². The molecule has 1 aromatic carbocycles. The number of benzene rings is 1. The van der Waals surface area contributed by atoms with Crippen LogP contribution in [0.15, 0.2) is 23.0 Å². The van der Waals surface area contributed by atoms with E-state index in [4.69, 9.17) is 0 Å². The molecule has 0 bridgehead atoms. The topological polar surface area (TPSA) is 39.0 Å². The Morgan fingerprint density at radius 2 is 1.56 bits per heavy atom. The fourth-order valence-electron chi connectivity index (χ4n) is 2.40. The van der Waals surface area contributed by atoms with Gasteiger partial charge in [0.25, 0.3) is 0 Å². The molecule has 0 saturated carbocycles. The average molecular weight is 247 g/mol. The molecule has 18 heavy (non-hydrogen) atoms. The smallest absolute Gasteiger partial charge is 0.329 e. The minimum Gasteiger partial charge on any atom is -0.388 e. The molecule has 1 aromatic heterocycles. The molecule has 4 nitrogen and oxygen atoms in total. The molecule has 0 aliphatic rings. The third kappa shape index (κ3) is 1.82. The SMILES string of the molecule is CNc1ccc2c(c1)n(C(C)C)c(=O)n2C(C)C. The summed E-state index contributed by atoms with van der Waals surface area (Å²) < 4.78 is 3.71. The van der Waals surface area contributed by atoms with E-state index in [0.717, 1.165) is 16.7 Å². The number of anilines is 1. The molecule has 2 aromatic rings. The monoisotopic (exact) mass is 247 g/mol. The van der Waals surface area contributed by atoms with Crippen LogP contribution in [-0.4, -0.2) is 16.2 Å². The first-order valence-corrected chi connectivity index (χ1v) is 6.41. The van der Waals surface area contributed by atoms with Crippen molar-refractivity contribution >= 4 is 16.7 Å². The van der Waals surface area contributed by atoms with E-state index in [0.29, 0.717) is 0 Å². The maximum Gasteiger partial charge on any atom is 0.329 e. The van der Waals surface area contributed by atoms with Crippen molar-refractivity contribution in [1.29, 1.82) is 0 Å². The predicted octanol–water partition coefficient (Wildman–Crippen LogP) is 3.01. The molecule has 98 valence electrons. The highest BCUT2D eigenvalue weighted by Gasteiger charge is 2.17. The molecule has 0 saturated heterocycles. The van der Waals surface area contributed by atoms with Gasteiger partial charge < -0.3 is 5.32 Å². The van der Waals surface area contributed by atoms with Gasteiger partial charge in [-0.1, -0.05) is 0 Å². The summed E-state index contributed by atoms with van der Waals surface area (Å²) in [6, 6.07) is 6.38. The zero-order valence-corrected chi connectivity index (χ0v) is 11.7. The summed E-state index contributed by atoms with van der Waals surface area (Å²) in [6.45, 7) is 8.16. The van der Waals surface area contributed by atoms with E-state index in [1.165, 1.54) is 0 Å². The van der Waals surface area contributed by atoms with E-state index in [1.807, 2.05) is 62.1 Å². The molecule has 0 aliphatic heterocycles. The van der Waals surface area contributed by atoms with Crippen molar-refractivity contribution in [2.45, 2.75) is 39.8 Å². The fraction of sp³-hybridized carbons (Fsp3) is 0.500. The van der Waals surface area contributed by atoms with Crippen molar-refractivity contribution in [3.8, 4) is 0 Å². The van der Waals surface area contributed by atoms with Crippen LogP contribution in [-0.2, 0) is 0 Å². The lowest BCUT2D eigenvalue weighted by Crippen LogP contribution is -2.26. The molecule has 0 spiro atoms. The molecular weight excluding hydrogens is 226 g/mol. The van der Waals surface area contributed by atoms with E-state index in [2.05, 4.69) is 5.32 Å². The third-order valence-electron chi connectivity index (χ3n) is 3.23. The normalized spacial score (nSPS) is 11.7. The highest BCUT2D eigenvalue weighted by atomic mass is 16.1. The van der Waals surface area contributed by atoms with Crippen molar-refractivity contribution in [2.75, 3.05) is 12.4 Å². The van der Waals surface area contributed by atoms with Gasteiger partial charge in [0.2, 0.25) is 0 Å². The first-order chi connectivity index (χ1) is 8.47. The lowest BCUT2D eigenvalue weighted by molar-refractivity contribution is 0.533. The van der Waals surface area contributed by atoms with Crippen LogP contribution >= 0.6 is 0 Å². The number of fused-ring (bicyclic) bond motifs is 1. The average Bonchev–Trinajstić information content (AvgIpc) is 2.59. The highest BCUT2D eigenvalue weighted by Crippen LogP contribution is 2.23. The number of nitrogens with one attached hydrogen (secondary N) is 1. The van der Waals surface area contributed by atoms with E-state index in [9.17, 15) is 4.79 Å². The van der Waals surface area contributed by atoms with Crippen LogP contribution < -0.4 is 11.0 Å². The Labute approximate surface area is 107 Å². The first-order valence-electron chi connectivity index (χ1n) is 6.41. The summed E-state index contributed by atoms with van der Waals surface area (Å²) in [5, 5.41) is 3.12. The number of imidazole rings is 1. The van der Waals surface area contributed by atoms with E-state index >= 15 is 0 Å². The van der Waals surface area contributed by atoms with Gasteiger partial charge in [-0.05, 0) is 45.9 Å². The Hall–Kier alpha value is -1.71. The number of nitrogens with zero attached hydrogens (tertiary/aromatic N) is 2. The summed E-state index contributed by atoms with van der Waals surface area (Å²) in [5.74, 6) is 0. The molecular formula is C14H21N3O. The summed E-state index contributed by atoms with van der Waals surface area (Å²) >= 11 is 0. The molecule has 0 aliphatic carbocycles. The predicted molar refractivity (Wildman–Crippen MR) is 76.5 cm³/mol. The second kappa shape index (κ2) is 4.52. The first kappa shape index (κ1) is 12.7. The molecule has 0 atom stereocenters. The largest absolute Gasteiger partial charge is 0.388 e. The van der Waals surface area contributed by atoms with Gasteiger partial charge in [-0.15, -0.1) is 0 Å². The summed E-state index contributed by atoms with van der Waals surface area (Å²) in [5.41, 5.74) is 3.10. The molecule has 4 heteroatoms. The summed E-state index contributed by atoms with van der Waals surface area (Å²) in [4.78, 5) is 12.5. The second-order valence-corrected chi connectivity index (χ2v) is 5.16. The molecule has 1 heterocycles. The third-order valence-corrected chi connectivity index (χ3v) is 3.23. The Kier molecular flexibility index (Phi) is 3.20. The van der Waals surface area contributed by atoms with Crippen LogP contribution in [0.1, 0.15) is 39.8 Å². The van der Waals surface area contributed by atoms with Gasteiger partial charge in [-0.3, -0.25) is 9.13 Å². The molecule has 0 amide bonds. The van der Waals surface area contributed by atoms with E-state index in [1.54, 1.807) is 0 Å². The Bertz CT molecular complexity index is 620. The van der Waals surface area contributed by atoms with Gasteiger partial charge in [0.1, 0.15) is 0 Å². The zero-order valence-electron chi connectivity index (χ0n) is 11.7. The number of rotatable bonds is 3. The Morgan fingerprint density at radius 1 is 1.00 bits per heavy atom.